The van der Waals surface area contributed by atoms with Crippen molar-refractivity contribution in [1.29, 1.82) is 0 Å². The van der Waals surface area contributed by atoms with Gasteiger partial charge in [0, 0.05) is 36.7 Å². The molecule has 0 unspecified atom stereocenters. The summed E-state index contributed by atoms with van der Waals surface area (Å²) >= 11 is 1.45. The Bertz CT molecular complexity index is 1090. The topological polar surface area (TPSA) is 97.4 Å². The second-order valence-corrected chi connectivity index (χ2v) is 8.26. The highest BCUT2D eigenvalue weighted by Gasteiger charge is 2.29. The van der Waals surface area contributed by atoms with Crippen molar-refractivity contribution in [3.05, 3.63) is 58.1 Å². The number of nitrogens with one attached hydrogen (secondary N) is 1. The second-order valence-electron chi connectivity index (χ2n) is 7.36. The first-order valence-electron chi connectivity index (χ1n) is 10.1. The summed E-state index contributed by atoms with van der Waals surface area (Å²) in [5, 5.41) is 2.58. The SMILES string of the molecule is COc1ccccc1O[C@H](C)C(=O)N1CCC(c2nc(-c3nccs3)cc(=O)[nH]2)CC1. The largest absolute Gasteiger partial charge is 0.493 e. The molecule has 9 heteroatoms. The van der Waals surface area contributed by atoms with Crippen LogP contribution < -0.4 is 15.0 Å². The molecule has 162 valence electrons. The number of nitrogens with zero attached hydrogens (tertiary/aromatic N) is 3. The van der Waals surface area contributed by atoms with Crippen molar-refractivity contribution < 1.29 is 14.3 Å². The number of carbonyl (C=O) groups excluding carboxylic acids is 1. The maximum atomic E-state index is 12.9. The van der Waals surface area contributed by atoms with Gasteiger partial charge in [0.15, 0.2) is 17.6 Å². The van der Waals surface area contributed by atoms with Gasteiger partial charge in [0.05, 0.1) is 7.11 Å². The fraction of sp³-hybridized carbons (Fsp3) is 0.364. The number of methoxy groups -OCH3 is 1. The number of amides is 1. The Morgan fingerprint density at radius 2 is 2.00 bits per heavy atom. The van der Waals surface area contributed by atoms with Gasteiger partial charge in [-0.25, -0.2) is 9.97 Å². The summed E-state index contributed by atoms with van der Waals surface area (Å²) in [7, 11) is 1.57. The lowest BCUT2D eigenvalue weighted by molar-refractivity contribution is -0.139. The molecule has 1 saturated heterocycles. The van der Waals surface area contributed by atoms with Crippen LogP contribution in [-0.2, 0) is 4.79 Å². The van der Waals surface area contributed by atoms with Crippen LogP contribution in [0.4, 0.5) is 0 Å². The molecule has 0 aliphatic carbocycles. The van der Waals surface area contributed by atoms with E-state index in [0.29, 0.717) is 36.1 Å². The number of hydrogen-bond acceptors (Lipinski definition) is 7. The molecule has 1 amide bonds. The monoisotopic (exact) mass is 440 g/mol. The minimum absolute atomic E-state index is 0.0673. The number of carbonyl (C=O) groups is 1. The van der Waals surface area contributed by atoms with E-state index in [1.54, 1.807) is 37.3 Å². The van der Waals surface area contributed by atoms with Crippen molar-refractivity contribution in [2.45, 2.75) is 31.8 Å². The first kappa shape index (κ1) is 21.0. The van der Waals surface area contributed by atoms with Gasteiger partial charge in [0.2, 0.25) is 0 Å². The molecule has 31 heavy (non-hydrogen) atoms. The van der Waals surface area contributed by atoms with Gasteiger partial charge in [-0.1, -0.05) is 12.1 Å². The number of thiazole rings is 1. The van der Waals surface area contributed by atoms with E-state index >= 15 is 0 Å². The lowest BCUT2D eigenvalue weighted by Crippen LogP contribution is -2.44. The van der Waals surface area contributed by atoms with Crippen molar-refractivity contribution in [1.82, 2.24) is 19.9 Å². The second kappa shape index (κ2) is 9.30. The van der Waals surface area contributed by atoms with Crippen LogP contribution in [0.2, 0.25) is 0 Å². The van der Waals surface area contributed by atoms with Gasteiger partial charge in [-0.2, -0.15) is 0 Å². The number of ether oxygens (including phenoxy) is 2. The van der Waals surface area contributed by atoms with Gasteiger partial charge < -0.3 is 19.4 Å². The van der Waals surface area contributed by atoms with Crippen LogP contribution in [0.3, 0.4) is 0 Å². The first-order valence-corrected chi connectivity index (χ1v) is 11.0. The van der Waals surface area contributed by atoms with E-state index in [1.807, 2.05) is 17.5 Å². The summed E-state index contributed by atoms with van der Waals surface area (Å²) < 4.78 is 11.1. The predicted octanol–water partition coefficient (Wildman–Crippen LogP) is 3.08. The van der Waals surface area contributed by atoms with Crippen LogP contribution in [0.25, 0.3) is 10.7 Å². The molecule has 1 N–H and O–H groups in total. The number of para-hydroxylation sites is 2. The van der Waals surface area contributed by atoms with E-state index in [-0.39, 0.29) is 17.4 Å². The highest BCUT2D eigenvalue weighted by molar-refractivity contribution is 7.13. The van der Waals surface area contributed by atoms with Crippen molar-refractivity contribution in [2.24, 2.45) is 0 Å². The third-order valence-corrected chi connectivity index (χ3v) is 6.12. The molecular formula is C22H24N4O4S. The molecule has 2 aromatic heterocycles. The fourth-order valence-corrected chi connectivity index (χ4v) is 4.31. The Kier molecular flexibility index (Phi) is 6.31. The molecule has 1 aliphatic rings. The number of rotatable bonds is 6. The van der Waals surface area contributed by atoms with E-state index in [2.05, 4.69) is 15.0 Å². The summed E-state index contributed by atoms with van der Waals surface area (Å²) in [4.78, 5) is 38.6. The number of benzene rings is 1. The van der Waals surface area contributed by atoms with Crippen molar-refractivity contribution >= 4 is 17.2 Å². The van der Waals surface area contributed by atoms with Gasteiger partial charge in [0.25, 0.3) is 11.5 Å². The molecule has 8 nitrogen and oxygen atoms in total. The average Bonchev–Trinajstić information content (AvgIpc) is 3.34. The van der Waals surface area contributed by atoms with Crippen LogP contribution in [-0.4, -0.2) is 52.1 Å². The smallest absolute Gasteiger partial charge is 0.263 e. The number of likely N-dealkylation sites (tertiary alicyclic amines) is 1. The van der Waals surface area contributed by atoms with Gasteiger partial charge in [-0.15, -0.1) is 11.3 Å². The summed E-state index contributed by atoms with van der Waals surface area (Å²) in [5.41, 5.74) is 0.402. The number of hydrogen-bond donors (Lipinski definition) is 1. The minimum Gasteiger partial charge on any atom is -0.493 e. The lowest BCUT2D eigenvalue weighted by atomic mass is 9.95. The number of aromatic amines is 1. The predicted molar refractivity (Wildman–Crippen MR) is 118 cm³/mol. The van der Waals surface area contributed by atoms with Crippen molar-refractivity contribution in [3.63, 3.8) is 0 Å². The summed E-state index contributed by atoms with van der Waals surface area (Å²) in [6, 6.07) is 8.74. The van der Waals surface area contributed by atoms with E-state index < -0.39 is 6.10 Å². The maximum Gasteiger partial charge on any atom is 0.263 e. The average molecular weight is 441 g/mol. The summed E-state index contributed by atoms with van der Waals surface area (Å²) in [6.07, 6.45) is 2.51. The number of aromatic nitrogens is 3. The van der Waals surface area contributed by atoms with Crippen molar-refractivity contribution in [2.75, 3.05) is 20.2 Å². The van der Waals surface area contributed by atoms with Gasteiger partial charge in [-0.3, -0.25) is 9.59 Å². The maximum absolute atomic E-state index is 12.9. The standard InChI is InChI=1S/C22H24N4O4S/c1-14(30-18-6-4-3-5-17(18)29-2)22(28)26-10-7-15(8-11-26)20-24-16(13-19(27)25-20)21-23-9-12-31-21/h3-6,9,12-15H,7-8,10-11H2,1-2H3,(H,24,25,27)/t14-/m1/s1. The van der Waals surface area contributed by atoms with Crippen LogP contribution in [0.1, 0.15) is 31.5 Å². The van der Waals surface area contributed by atoms with E-state index in [0.717, 1.165) is 17.8 Å². The van der Waals surface area contributed by atoms with Gasteiger partial charge in [-0.05, 0) is 31.9 Å². The quantitative estimate of drug-likeness (QED) is 0.633. The van der Waals surface area contributed by atoms with Crippen molar-refractivity contribution in [3.8, 4) is 22.2 Å². The highest BCUT2D eigenvalue weighted by Crippen LogP contribution is 2.29. The number of piperidine rings is 1. The van der Waals surface area contributed by atoms with Crippen LogP contribution in [0.15, 0.2) is 46.7 Å². The molecule has 0 spiro atoms. The zero-order chi connectivity index (χ0) is 21.8. The molecule has 1 aliphatic heterocycles. The third kappa shape index (κ3) is 4.77. The summed E-state index contributed by atoms with van der Waals surface area (Å²) in [5.74, 6) is 1.81. The molecule has 1 aromatic carbocycles. The Morgan fingerprint density at radius 1 is 1.26 bits per heavy atom. The molecule has 0 saturated carbocycles. The lowest BCUT2D eigenvalue weighted by Gasteiger charge is -2.33. The number of H-pyrrole nitrogens is 1. The molecule has 3 heterocycles. The fourth-order valence-electron chi connectivity index (χ4n) is 3.72. The molecule has 0 bridgehead atoms. The van der Waals surface area contributed by atoms with E-state index in [1.165, 1.54) is 17.4 Å². The Labute approximate surface area is 183 Å². The van der Waals surface area contributed by atoms with E-state index in [4.69, 9.17) is 9.47 Å². The molecule has 4 rings (SSSR count). The summed E-state index contributed by atoms with van der Waals surface area (Å²) in [6.45, 7) is 2.90. The zero-order valence-corrected chi connectivity index (χ0v) is 18.2. The Balaban J connectivity index is 1.39. The molecule has 1 atom stereocenters. The van der Waals surface area contributed by atoms with Gasteiger partial charge in [0.1, 0.15) is 16.5 Å². The highest BCUT2D eigenvalue weighted by atomic mass is 32.1. The first-order chi connectivity index (χ1) is 15.0. The normalized spacial score (nSPS) is 15.5. The van der Waals surface area contributed by atoms with Crippen LogP contribution in [0.5, 0.6) is 11.5 Å². The van der Waals surface area contributed by atoms with Crippen LogP contribution >= 0.6 is 11.3 Å². The third-order valence-electron chi connectivity index (χ3n) is 5.33. The molecular weight excluding hydrogens is 416 g/mol. The zero-order valence-electron chi connectivity index (χ0n) is 17.4. The molecule has 3 aromatic rings. The Morgan fingerprint density at radius 3 is 2.68 bits per heavy atom. The van der Waals surface area contributed by atoms with Crippen LogP contribution in [0, 0.1) is 0 Å². The van der Waals surface area contributed by atoms with E-state index in [9.17, 15) is 9.59 Å². The molecule has 1 fully saturated rings. The minimum atomic E-state index is -0.626. The Hall–Kier alpha value is -3.20. The molecule has 0 radical (unpaired) electrons. The van der Waals surface area contributed by atoms with Gasteiger partial charge >= 0.3 is 0 Å².